The second-order valence-electron chi connectivity index (χ2n) is 9.93. The molecule has 2 amide bonds. The van der Waals surface area contributed by atoms with E-state index in [1.165, 1.54) is 33.3 Å². The monoisotopic (exact) mass is 482 g/mol. The lowest BCUT2D eigenvalue weighted by Gasteiger charge is -2.20. The minimum Gasteiger partial charge on any atom is -0.493 e. The maximum atomic E-state index is 13.0. The Kier molecular flexibility index (Phi) is 7.73. The fourth-order valence-electron chi connectivity index (χ4n) is 3.64. The molecular formula is C27H34N2O6. The Labute approximate surface area is 206 Å². The van der Waals surface area contributed by atoms with Crippen LogP contribution in [-0.4, -0.2) is 38.1 Å². The van der Waals surface area contributed by atoms with E-state index in [0.29, 0.717) is 23.1 Å². The smallest absolute Gasteiger partial charge is 0.341 e. The van der Waals surface area contributed by atoms with Gasteiger partial charge in [-0.05, 0) is 42.4 Å². The van der Waals surface area contributed by atoms with Crippen molar-refractivity contribution in [3.8, 4) is 11.5 Å². The lowest BCUT2D eigenvalue weighted by atomic mass is 9.87. The van der Waals surface area contributed by atoms with Crippen LogP contribution in [0.4, 0.5) is 11.4 Å². The highest BCUT2D eigenvalue weighted by atomic mass is 16.5. The maximum Gasteiger partial charge on any atom is 0.341 e. The molecule has 0 saturated heterocycles. The Morgan fingerprint density at radius 3 is 2.06 bits per heavy atom. The zero-order valence-corrected chi connectivity index (χ0v) is 21.4. The van der Waals surface area contributed by atoms with Crippen LogP contribution in [0.25, 0.3) is 0 Å². The standard InChI is InChI=1S/C27H34N2O6/c1-15-12-19(15)25(31)29-21-14-23(34-7)22(33-6)13-20(21)26(32)35-16(2)24(30)28-18-10-8-17(9-11-18)27(3,4)5/h8-11,13-16,19H,12H2,1-7H3,(H,28,30)(H,29,31). The second kappa shape index (κ2) is 10.4. The van der Waals surface area contributed by atoms with Crippen molar-refractivity contribution < 1.29 is 28.6 Å². The van der Waals surface area contributed by atoms with Crippen LogP contribution in [0, 0.1) is 11.8 Å². The van der Waals surface area contributed by atoms with Crippen LogP contribution < -0.4 is 20.1 Å². The largest absolute Gasteiger partial charge is 0.493 e. The summed E-state index contributed by atoms with van der Waals surface area (Å²) in [5, 5.41) is 5.56. The van der Waals surface area contributed by atoms with Crippen molar-refractivity contribution >= 4 is 29.2 Å². The van der Waals surface area contributed by atoms with Gasteiger partial charge in [-0.1, -0.05) is 39.8 Å². The van der Waals surface area contributed by atoms with Crippen molar-refractivity contribution in [2.45, 2.75) is 52.6 Å². The summed E-state index contributed by atoms with van der Waals surface area (Å²) >= 11 is 0. The molecule has 8 heteroatoms. The van der Waals surface area contributed by atoms with Gasteiger partial charge < -0.3 is 24.8 Å². The Balaban J connectivity index is 1.74. The van der Waals surface area contributed by atoms with E-state index < -0.39 is 18.0 Å². The lowest BCUT2D eigenvalue weighted by Crippen LogP contribution is -2.30. The molecule has 3 rings (SSSR count). The molecular weight excluding hydrogens is 448 g/mol. The zero-order chi connectivity index (χ0) is 25.9. The number of hydrogen-bond acceptors (Lipinski definition) is 6. The van der Waals surface area contributed by atoms with Crippen molar-refractivity contribution in [1.82, 2.24) is 0 Å². The van der Waals surface area contributed by atoms with Gasteiger partial charge in [-0.2, -0.15) is 0 Å². The predicted molar refractivity (Wildman–Crippen MR) is 134 cm³/mol. The van der Waals surface area contributed by atoms with Gasteiger partial charge in [0.25, 0.3) is 5.91 Å². The number of ether oxygens (including phenoxy) is 3. The highest BCUT2D eigenvalue weighted by molar-refractivity contribution is 6.04. The summed E-state index contributed by atoms with van der Waals surface area (Å²) < 4.78 is 16.1. The first-order valence-electron chi connectivity index (χ1n) is 11.6. The van der Waals surface area contributed by atoms with E-state index in [9.17, 15) is 14.4 Å². The van der Waals surface area contributed by atoms with E-state index in [4.69, 9.17) is 14.2 Å². The molecule has 0 spiro atoms. The summed E-state index contributed by atoms with van der Waals surface area (Å²) in [6.45, 7) is 9.81. The molecule has 2 aromatic rings. The Hall–Kier alpha value is -3.55. The molecule has 2 N–H and O–H groups in total. The van der Waals surface area contributed by atoms with Gasteiger partial charge in [0.05, 0.1) is 25.5 Å². The van der Waals surface area contributed by atoms with Gasteiger partial charge in [0, 0.05) is 23.7 Å². The van der Waals surface area contributed by atoms with Crippen LogP contribution in [0.2, 0.25) is 0 Å². The number of anilines is 2. The third-order valence-electron chi connectivity index (χ3n) is 6.12. The SMILES string of the molecule is COc1cc(NC(=O)C2CC2C)c(C(=O)OC(C)C(=O)Nc2ccc(C(C)(C)C)cc2)cc1OC. The summed E-state index contributed by atoms with van der Waals surface area (Å²) in [5.74, 6) is -0.562. The number of amides is 2. The van der Waals surface area contributed by atoms with Crippen molar-refractivity contribution in [2.75, 3.05) is 24.9 Å². The molecule has 1 aliphatic carbocycles. The highest BCUT2D eigenvalue weighted by Gasteiger charge is 2.39. The Morgan fingerprint density at radius 1 is 0.971 bits per heavy atom. The number of carbonyl (C=O) groups excluding carboxylic acids is 3. The van der Waals surface area contributed by atoms with Gasteiger partial charge in [0.1, 0.15) is 0 Å². The van der Waals surface area contributed by atoms with Gasteiger partial charge in [-0.25, -0.2) is 4.79 Å². The predicted octanol–water partition coefficient (Wildman–Crippen LogP) is 4.78. The number of carbonyl (C=O) groups is 3. The molecule has 0 heterocycles. The van der Waals surface area contributed by atoms with Gasteiger partial charge >= 0.3 is 5.97 Å². The van der Waals surface area contributed by atoms with E-state index in [2.05, 4.69) is 31.4 Å². The van der Waals surface area contributed by atoms with Gasteiger partial charge in [-0.15, -0.1) is 0 Å². The number of nitrogens with one attached hydrogen (secondary N) is 2. The van der Waals surface area contributed by atoms with Crippen molar-refractivity contribution in [2.24, 2.45) is 11.8 Å². The fourth-order valence-corrected chi connectivity index (χ4v) is 3.64. The minimum absolute atomic E-state index is 0.00451. The van der Waals surface area contributed by atoms with Crippen LogP contribution in [0.15, 0.2) is 36.4 Å². The summed E-state index contributed by atoms with van der Waals surface area (Å²) in [4.78, 5) is 38.2. The van der Waals surface area contributed by atoms with Gasteiger partial charge in [0.2, 0.25) is 5.91 Å². The zero-order valence-electron chi connectivity index (χ0n) is 21.4. The number of esters is 1. The maximum absolute atomic E-state index is 13.0. The third-order valence-corrected chi connectivity index (χ3v) is 6.12. The molecule has 0 aromatic heterocycles. The molecule has 1 aliphatic rings. The normalized spacial score (nSPS) is 17.7. The lowest BCUT2D eigenvalue weighted by molar-refractivity contribution is -0.123. The summed E-state index contributed by atoms with van der Waals surface area (Å²) in [5.41, 5.74) is 2.04. The van der Waals surface area contributed by atoms with E-state index in [1.807, 2.05) is 31.2 Å². The molecule has 0 aliphatic heterocycles. The molecule has 0 bridgehead atoms. The first kappa shape index (κ1) is 26.1. The number of benzene rings is 2. The van der Waals surface area contributed by atoms with E-state index in [0.717, 1.165) is 12.0 Å². The Morgan fingerprint density at radius 2 is 1.54 bits per heavy atom. The second-order valence-corrected chi connectivity index (χ2v) is 9.93. The van der Waals surface area contributed by atoms with Gasteiger partial charge in [-0.3, -0.25) is 9.59 Å². The molecule has 3 unspecified atom stereocenters. The average molecular weight is 483 g/mol. The molecule has 35 heavy (non-hydrogen) atoms. The fraction of sp³-hybridized carbons (Fsp3) is 0.444. The molecule has 1 fully saturated rings. The minimum atomic E-state index is -1.08. The molecule has 0 radical (unpaired) electrons. The van der Waals surface area contributed by atoms with Crippen LogP contribution in [0.1, 0.15) is 57.0 Å². The van der Waals surface area contributed by atoms with E-state index >= 15 is 0 Å². The highest BCUT2D eigenvalue weighted by Crippen LogP contribution is 2.40. The molecule has 2 aromatic carbocycles. The molecule has 188 valence electrons. The van der Waals surface area contributed by atoms with Crippen LogP contribution >= 0.6 is 0 Å². The molecule has 3 atom stereocenters. The Bertz CT molecular complexity index is 1100. The molecule has 8 nitrogen and oxygen atoms in total. The summed E-state index contributed by atoms with van der Waals surface area (Å²) in [6, 6.07) is 10.5. The van der Waals surface area contributed by atoms with Crippen LogP contribution in [-0.2, 0) is 19.7 Å². The van der Waals surface area contributed by atoms with Gasteiger partial charge in [0.15, 0.2) is 17.6 Å². The van der Waals surface area contributed by atoms with Crippen LogP contribution in [0.3, 0.4) is 0 Å². The van der Waals surface area contributed by atoms with Crippen LogP contribution in [0.5, 0.6) is 11.5 Å². The first-order valence-corrected chi connectivity index (χ1v) is 11.6. The topological polar surface area (TPSA) is 103 Å². The first-order chi connectivity index (χ1) is 16.4. The van der Waals surface area contributed by atoms with E-state index in [-0.39, 0.29) is 28.5 Å². The quantitative estimate of drug-likeness (QED) is 0.525. The van der Waals surface area contributed by atoms with Crippen molar-refractivity contribution in [3.05, 3.63) is 47.5 Å². The molecule has 1 saturated carbocycles. The number of rotatable bonds is 8. The van der Waals surface area contributed by atoms with E-state index in [1.54, 1.807) is 0 Å². The third kappa shape index (κ3) is 6.32. The number of methoxy groups -OCH3 is 2. The van der Waals surface area contributed by atoms with Crippen molar-refractivity contribution in [1.29, 1.82) is 0 Å². The number of hydrogen-bond donors (Lipinski definition) is 2. The summed E-state index contributed by atoms with van der Waals surface area (Å²) in [7, 11) is 2.91. The van der Waals surface area contributed by atoms with Crippen molar-refractivity contribution in [3.63, 3.8) is 0 Å². The average Bonchev–Trinajstić information content (AvgIpc) is 3.55. The summed E-state index contributed by atoms with van der Waals surface area (Å²) in [6.07, 6.45) is -0.280.